The van der Waals surface area contributed by atoms with Gasteiger partial charge in [0.15, 0.2) is 0 Å². The van der Waals surface area contributed by atoms with Crippen molar-refractivity contribution in [2.24, 2.45) is 0 Å². The normalized spacial score (nSPS) is 10.7. The molecule has 0 aliphatic rings. The lowest BCUT2D eigenvalue weighted by atomic mass is 10.0. The van der Waals surface area contributed by atoms with E-state index < -0.39 is 11.8 Å². The van der Waals surface area contributed by atoms with Gasteiger partial charge in [-0.15, -0.1) is 0 Å². The van der Waals surface area contributed by atoms with E-state index in [0.29, 0.717) is 11.1 Å². The zero-order chi connectivity index (χ0) is 13.0. The number of aromatic nitrogens is 1. The van der Waals surface area contributed by atoms with E-state index in [1.165, 1.54) is 18.2 Å². The summed E-state index contributed by atoms with van der Waals surface area (Å²) in [7, 11) is 0. The van der Waals surface area contributed by atoms with Crippen molar-refractivity contribution in [3.63, 3.8) is 0 Å². The lowest BCUT2D eigenvalue weighted by Gasteiger charge is -2.03. The van der Waals surface area contributed by atoms with Crippen LogP contribution in [0.1, 0.15) is 5.56 Å². The highest BCUT2D eigenvalue weighted by Gasteiger charge is 2.02. The lowest BCUT2D eigenvalue weighted by molar-refractivity contribution is -0.131. The van der Waals surface area contributed by atoms with E-state index in [-0.39, 0.29) is 0 Å². The molecule has 1 N–H and O–H groups in total. The summed E-state index contributed by atoms with van der Waals surface area (Å²) in [5.74, 6) is -1.48. The third-order valence-electron chi connectivity index (χ3n) is 2.33. The van der Waals surface area contributed by atoms with Gasteiger partial charge in [-0.1, -0.05) is 6.07 Å². The van der Waals surface area contributed by atoms with Crippen LogP contribution in [0.2, 0.25) is 0 Å². The Morgan fingerprint density at radius 3 is 2.78 bits per heavy atom. The molecule has 0 saturated carbocycles. The molecule has 3 nitrogen and oxygen atoms in total. The van der Waals surface area contributed by atoms with Gasteiger partial charge in [-0.25, -0.2) is 9.18 Å². The van der Waals surface area contributed by atoms with Crippen LogP contribution >= 0.6 is 0 Å². The third-order valence-corrected chi connectivity index (χ3v) is 2.33. The van der Waals surface area contributed by atoms with Crippen LogP contribution < -0.4 is 0 Å². The van der Waals surface area contributed by atoms with Crippen LogP contribution in [-0.2, 0) is 4.79 Å². The highest BCUT2D eigenvalue weighted by Crippen LogP contribution is 2.21. The summed E-state index contributed by atoms with van der Waals surface area (Å²) >= 11 is 0. The number of aliphatic carboxylic acids is 1. The van der Waals surface area contributed by atoms with E-state index in [9.17, 15) is 9.18 Å². The summed E-state index contributed by atoms with van der Waals surface area (Å²) in [5.41, 5.74) is 1.94. The summed E-state index contributed by atoms with van der Waals surface area (Å²) in [6.07, 6.45) is 5.58. The van der Waals surface area contributed by atoms with Crippen molar-refractivity contribution in [2.75, 3.05) is 0 Å². The SMILES string of the molecule is O=C(O)C=Cc1cc(F)cc(-c2cccnc2)c1. The zero-order valence-electron chi connectivity index (χ0n) is 9.38. The minimum absolute atomic E-state index is 0.415. The summed E-state index contributed by atoms with van der Waals surface area (Å²) in [4.78, 5) is 14.4. The molecule has 0 aliphatic heterocycles. The summed E-state index contributed by atoms with van der Waals surface area (Å²) in [5, 5.41) is 8.54. The average Bonchev–Trinajstić information content (AvgIpc) is 2.37. The van der Waals surface area contributed by atoms with Gasteiger partial charge in [0.1, 0.15) is 5.82 Å². The predicted octanol–water partition coefficient (Wildman–Crippen LogP) is 2.99. The van der Waals surface area contributed by atoms with Gasteiger partial charge in [0.25, 0.3) is 0 Å². The van der Waals surface area contributed by atoms with Crippen molar-refractivity contribution in [1.82, 2.24) is 4.98 Å². The first-order valence-electron chi connectivity index (χ1n) is 5.27. The van der Waals surface area contributed by atoms with Gasteiger partial charge in [0.2, 0.25) is 0 Å². The molecule has 18 heavy (non-hydrogen) atoms. The second kappa shape index (κ2) is 5.23. The Balaban J connectivity index is 2.41. The van der Waals surface area contributed by atoms with E-state index in [4.69, 9.17) is 5.11 Å². The first-order valence-corrected chi connectivity index (χ1v) is 5.27. The molecule has 0 aliphatic carbocycles. The summed E-state index contributed by atoms with van der Waals surface area (Å²) < 4.78 is 13.4. The van der Waals surface area contributed by atoms with Crippen LogP contribution in [0.3, 0.4) is 0 Å². The third kappa shape index (κ3) is 3.01. The number of rotatable bonds is 3. The van der Waals surface area contributed by atoms with Crippen molar-refractivity contribution in [3.05, 3.63) is 60.2 Å². The molecule has 0 bridgehead atoms. The van der Waals surface area contributed by atoms with E-state index in [2.05, 4.69) is 4.98 Å². The molecule has 0 fully saturated rings. The number of halogens is 1. The van der Waals surface area contributed by atoms with E-state index >= 15 is 0 Å². The van der Waals surface area contributed by atoms with E-state index in [1.807, 2.05) is 6.07 Å². The number of benzene rings is 1. The van der Waals surface area contributed by atoms with E-state index in [0.717, 1.165) is 11.6 Å². The molecule has 0 saturated heterocycles. The second-order valence-corrected chi connectivity index (χ2v) is 3.69. The van der Waals surface area contributed by atoms with Gasteiger partial charge < -0.3 is 5.11 Å². The van der Waals surface area contributed by atoms with Crippen LogP contribution in [0, 0.1) is 5.82 Å². The minimum atomic E-state index is -1.07. The number of nitrogens with zero attached hydrogens (tertiary/aromatic N) is 1. The Morgan fingerprint density at radius 2 is 2.11 bits per heavy atom. The molecule has 0 atom stereocenters. The molecule has 90 valence electrons. The van der Waals surface area contributed by atoms with E-state index in [1.54, 1.807) is 24.5 Å². The van der Waals surface area contributed by atoms with Gasteiger partial charge in [0, 0.05) is 24.0 Å². The van der Waals surface area contributed by atoms with Gasteiger partial charge in [-0.05, 0) is 41.5 Å². The molecule has 2 rings (SSSR count). The zero-order valence-corrected chi connectivity index (χ0v) is 9.38. The number of carbonyl (C=O) groups is 1. The number of hydrogen-bond acceptors (Lipinski definition) is 2. The molecule has 2 aromatic rings. The number of hydrogen-bond donors (Lipinski definition) is 1. The second-order valence-electron chi connectivity index (χ2n) is 3.69. The van der Waals surface area contributed by atoms with Crippen molar-refractivity contribution in [3.8, 4) is 11.1 Å². The molecule has 0 amide bonds. The molecule has 0 radical (unpaired) electrons. The van der Waals surface area contributed by atoms with Crippen LogP contribution in [0.25, 0.3) is 17.2 Å². The Morgan fingerprint density at radius 1 is 1.28 bits per heavy atom. The van der Waals surface area contributed by atoms with Gasteiger partial charge in [-0.3, -0.25) is 4.98 Å². The fourth-order valence-electron chi connectivity index (χ4n) is 1.58. The Hall–Kier alpha value is -2.49. The Kier molecular flexibility index (Phi) is 3.48. The van der Waals surface area contributed by atoms with Crippen molar-refractivity contribution >= 4 is 12.0 Å². The molecule has 0 spiro atoms. The fraction of sp³-hybridized carbons (Fsp3) is 0. The maximum atomic E-state index is 13.4. The molecular formula is C14H10FNO2. The lowest BCUT2D eigenvalue weighted by Crippen LogP contribution is -1.87. The molecular weight excluding hydrogens is 233 g/mol. The Bertz CT molecular complexity index is 594. The highest BCUT2D eigenvalue weighted by molar-refractivity contribution is 5.85. The fourth-order valence-corrected chi connectivity index (χ4v) is 1.58. The largest absolute Gasteiger partial charge is 0.478 e. The molecule has 4 heteroatoms. The van der Waals surface area contributed by atoms with Crippen molar-refractivity contribution in [1.29, 1.82) is 0 Å². The maximum Gasteiger partial charge on any atom is 0.328 e. The predicted molar refractivity (Wildman–Crippen MR) is 66.3 cm³/mol. The first-order chi connectivity index (χ1) is 8.65. The number of carboxylic acid groups (broad SMARTS) is 1. The topological polar surface area (TPSA) is 50.2 Å². The molecule has 1 aromatic heterocycles. The number of carboxylic acids is 1. The standard InChI is InChI=1S/C14H10FNO2/c15-13-7-10(3-4-14(17)18)6-12(8-13)11-2-1-5-16-9-11/h1-9H,(H,17,18). The highest BCUT2D eigenvalue weighted by atomic mass is 19.1. The van der Waals surface area contributed by atoms with Crippen molar-refractivity contribution in [2.45, 2.75) is 0 Å². The minimum Gasteiger partial charge on any atom is -0.478 e. The van der Waals surface area contributed by atoms with Gasteiger partial charge >= 0.3 is 5.97 Å². The average molecular weight is 243 g/mol. The summed E-state index contributed by atoms with van der Waals surface area (Å²) in [6, 6.07) is 7.94. The van der Waals surface area contributed by atoms with Crippen molar-refractivity contribution < 1.29 is 14.3 Å². The van der Waals surface area contributed by atoms with Crippen LogP contribution in [-0.4, -0.2) is 16.1 Å². The molecule has 1 aromatic carbocycles. The van der Waals surface area contributed by atoms with Gasteiger partial charge in [-0.2, -0.15) is 0 Å². The van der Waals surface area contributed by atoms with Gasteiger partial charge in [0.05, 0.1) is 0 Å². The summed E-state index contributed by atoms with van der Waals surface area (Å²) in [6.45, 7) is 0. The number of pyridine rings is 1. The van der Waals surface area contributed by atoms with Crippen LogP contribution in [0.4, 0.5) is 4.39 Å². The first kappa shape index (κ1) is 12.0. The maximum absolute atomic E-state index is 13.4. The molecule has 1 heterocycles. The van der Waals surface area contributed by atoms with Crippen LogP contribution in [0.5, 0.6) is 0 Å². The molecule has 0 unspecified atom stereocenters. The Labute approximate surface area is 103 Å². The van der Waals surface area contributed by atoms with Crippen LogP contribution in [0.15, 0.2) is 48.8 Å². The monoisotopic (exact) mass is 243 g/mol. The smallest absolute Gasteiger partial charge is 0.328 e. The quantitative estimate of drug-likeness (QED) is 0.843.